The molecule has 0 bridgehead atoms. The first-order valence-corrected chi connectivity index (χ1v) is 9.13. The summed E-state index contributed by atoms with van der Waals surface area (Å²) >= 11 is 3.37. The molecule has 1 atom stereocenters. The van der Waals surface area contributed by atoms with Crippen molar-refractivity contribution in [2.45, 2.75) is 18.9 Å². The normalized spacial score (nSPS) is 16.4. The Morgan fingerprint density at radius 1 is 1.20 bits per heavy atom. The largest absolute Gasteiger partial charge is 0.489 e. The van der Waals surface area contributed by atoms with Crippen LogP contribution in [0.1, 0.15) is 12.8 Å². The van der Waals surface area contributed by atoms with Gasteiger partial charge in [0.1, 0.15) is 12.4 Å². The van der Waals surface area contributed by atoms with E-state index in [0.717, 1.165) is 41.0 Å². The summed E-state index contributed by atoms with van der Waals surface area (Å²) in [7, 11) is 0. The molecule has 6 heteroatoms. The highest BCUT2D eigenvalue weighted by Crippen LogP contribution is 2.25. The molecule has 25 heavy (non-hydrogen) atoms. The fraction of sp³-hybridized carbons (Fsp3) is 0.316. The standard InChI is InChI=1S/C19H21BrN2O3/c20-14-7-9-15(10-8-14)22-19(23)12-21-17-5-1-2-6-18(17)25-13-16-4-3-11-24-16/h1-2,5-10,16,21H,3-4,11-13H2,(H,22,23). The molecule has 0 spiro atoms. The molecule has 1 aliphatic rings. The molecule has 132 valence electrons. The first-order chi connectivity index (χ1) is 12.2. The number of anilines is 2. The molecule has 2 aromatic rings. The third-order valence-electron chi connectivity index (χ3n) is 3.90. The number of amides is 1. The van der Waals surface area contributed by atoms with E-state index in [1.165, 1.54) is 0 Å². The number of hydrogen-bond donors (Lipinski definition) is 2. The van der Waals surface area contributed by atoms with E-state index in [9.17, 15) is 4.79 Å². The molecular formula is C19H21BrN2O3. The van der Waals surface area contributed by atoms with Crippen LogP contribution in [0, 0.1) is 0 Å². The first-order valence-electron chi connectivity index (χ1n) is 8.33. The Morgan fingerprint density at radius 3 is 2.76 bits per heavy atom. The summed E-state index contributed by atoms with van der Waals surface area (Å²) in [4.78, 5) is 12.1. The van der Waals surface area contributed by atoms with Crippen molar-refractivity contribution in [1.82, 2.24) is 0 Å². The van der Waals surface area contributed by atoms with Crippen molar-refractivity contribution in [3.8, 4) is 5.75 Å². The van der Waals surface area contributed by atoms with Crippen LogP contribution in [-0.4, -0.2) is 31.8 Å². The Kier molecular flexibility index (Phi) is 6.30. The maximum atomic E-state index is 12.1. The van der Waals surface area contributed by atoms with E-state index < -0.39 is 0 Å². The number of para-hydroxylation sites is 2. The van der Waals surface area contributed by atoms with Gasteiger partial charge in [-0.1, -0.05) is 28.1 Å². The average molecular weight is 405 g/mol. The van der Waals surface area contributed by atoms with Gasteiger partial charge in [-0.05, 0) is 49.2 Å². The van der Waals surface area contributed by atoms with Crippen molar-refractivity contribution in [2.75, 3.05) is 30.4 Å². The predicted molar refractivity (Wildman–Crippen MR) is 102 cm³/mol. The van der Waals surface area contributed by atoms with Crippen molar-refractivity contribution in [2.24, 2.45) is 0 Å². The molecule has 1 aliphatic heterocycles. The molecule has 0 saturated carbocycles. The highest BCUT2D eigenvalue weighted by Gasteiger charge is 2.16. The van der Waals surface area contributed by atoms with Crippen LogP contribution in [0.3, 0.4) is 0 Å². The fourth-order valence-corrected chi connectivity index (χ4v) is 2.88. The maximum absolute atomic E-state index is 12.1. The quantitative estimate of drug-likeness (QED) is 0.730. The maximum Gasteiger partial charge on any atom is 0.243 e. The number of benzene rings is 2. The van der Waals surface area contributed by atoms with Crippen molar-refractivity contribution in [3.05, 3.63) is 53.0 Å². The number of ether oxygens (including phenoxy) is 2. The van der Waals surface area contributed by atoms with E-state index >= 15 is 0 Å². The first kappa shape index (κ1) is 17.8. The van der Waals surface area contributed by atoms with Crippen molar-refractivity contribution in [3.63, 3.8) is 0 Å². The van der Waals surface area contributed by atoms with Gasteiger partial charge < -0.3 is 20.1 Å². The van der Waals surface area contributed by atoms with E-state index in [-0.39, 0.29) is 18.6 Å². The number of halogens is 1. The van der Waals surface area contributed by atoms with E-state index in [1.807, 2.05) is 48.5 Å². The van der Waals surface area contributed by atoms with Gasteiger partial charge in [0.05, 0.1) is 18.3 Å². The topological polar surface area (TPSA) is 59.6 Å². The second kappa shape index (κ2) is 8.87. The Bertz CT molecular complexity index is 700. The smallest absolute Gasteiger partial charge is 0.243 e. The molecule has 1 amide bonds. The summed E-state index contributed by atoms with van der Waals surface area (Å²) in [6.07, 6.45) is 2.28. The fourth-order valence-electron chi connectivity index (χ4n) is 2.61. The average Bonchev–Trinajstić information content (AvgIpc) is 3.14. The molecule has 1 heterocycles. The Hall–Kier alpha value is -2.05. The van der Waals surface area contributed by atoms with Gasteiger partial charge >= 0.3 is 0 Å². The van der Waals surface area contributed by atoms with Gasteiger partial charge in [0.2, 0.25) is 5.91 Å². The van der Waals surface area contributed by atoms with Crippen molar-refractivity contribution < 1.29 is 14.3 Å². The molecular weight excluding hydrogens is 384 g/mol. The molecule has 0 aliphatic carbocycles. The van der Waals surface area contributed by atoms with Crippen LogP contribution < -0.4 is 15.4 Å². The Labute approximate surface area is 155 Å². The molecule has 1 unspecified atom stereocenters. The molecule has 0 aromatic heterocycles. The van der Waals surface area contributed by atoms with Gasteiger partial charge in [0.15, 0.2) is 0 Å². The summed E-state index contributed by atoms with van der Waals surface area (Å²) < 4.78 is 12.4. The van der Waals surface area contributed by atoms with Gasteiger partial charge in [-0.2, -0.15) is 0 Å². The summed E-state index contributed by atoms with van der Waals surface area (Å²) in [5.41, 5.74) is 1.56. The number of rotatable bonds is 7. The summed E-state index contributed by atoms with van der Waals surface area (Å²) in [5, 5.41) is 5.99. The second-order valence-corrected chi connectivity index (χ2v) is 6.77. The highest BCUT2D eigenvalue weighted by molar-refractivity contribution is 9.10. The minimum atomic E-state index is -0.115. The summed E-state index contributed by atoms with van der Waals surface area (Å²) in [6.45, 7) is 1.50. The molecule has 2 N–H and O–H groups in total. The Morgan fingerprint density at radius 2 is 2.00 bits per heavy atom. The van der Waals surface area contributed by atoms with E-state index in [4.69, 9.17) is 9.47 Å². The number of carbonyl (C=O) groups excluding carboxylic acids is 1. The lowest BCUT2D eigenvalue weighted by atomic mass is 10.2. The van der Waals surface area contributed by atoms with E-state index in [0.29, 0.717) is 6.61 Å². The molecule has 0 radical (unpaired) electrons. The lowest BCUT2D eigenvalue weighted by Gasteiger charge is -2.15. The van der Waals surface area contributed by atoms with Gasteiger partial charge in [0, 0.05) is 16.8 Å². The molecule has 5 nitrogen and oxygen atoms in total. The van der Waals surface area contributed by atoms with Crippen LogP contribution >= 0.6 is 15.9 Å². The zero-order chi connectivity index (χ0) is 17.5. The molecule has 1 saturated heterocycles. The zero-order valence-corrected chi connectivity index (χ0v) is 15.4. The van der Waals surface area contributed by atoms with E-state index in [1.54, 1.807) is 0 Å². The zero-order valence-electron chi connectivity index (χ0n) is 13.8. The third kappa shape index (κ3) is 5.47. The van der Waals surface area contributed by atoms with Gasteiger partial charge in [0.25, 0.3) is 0 Å². The van der Waals surface area contributed by atoms with Crippen LogP contribution in [0.5, 0.6) is 5.75 Å². The van der Waals surface area contributed by atoms with E-state index in [2.05, 4.69) is 26.6 Å². The van der Waals surface area contributed by atoms with Crippen LogP contribution in [0.15, 0.2) is 53.0 Å². The molecule has 2 aromatic carbocycles. The lowest BCUT2D eigenvalue weighted by Crippen LogP contribution is -2.22. The minimum Gasteiger partial charge on any atom is -0.489 e. The SMILES string of the molecule is O=C(CNc1ccccc1OCC1CCCO1)Nc1ccc(Br)cc1. The number of hydrogen-bond acceptors (Lipinski definition) is 4. The second-order valence-electron chi connectivity index (χ2n) is 5.85. The van der Waals surface area contributed by atoms with Crippen LogP contribution in [-0.2, 0) is 9.53 Å². The van der Waals surface area contributed by atoms with Crippen LogP contribution in [0.4, 0.5) is 11.4 Å². The minimum absolute atomic E-state index is 0.115. The van der Waals surface area contributed by atoms with Gasteiger partial charge in [-0.3, -0.25) is 4.79 Å². The summed E-state index contributed by atoms with van der Waals surface area (Å²) in [5.74, 6) is 0.616. The van der Waals surface area contributed by atoms with Crippen LogP contribution in [0.25, 0.3) is 0 Å². The summed E-state index contributed by atoms with van der Waals surface area (Å²) in [6, 6.07) is 15.1. The number of carbonyl (C=O) groups is 1. The monoisotopic (exact) mass is 404 g/mol. The van der Waals surface area contributed by atoms with Crippen LogP contribution in [0.2, 0.25) is 0 Å². The lowest BCUT2D eigenvalue weighted by molar-refractivity contribution is -0.114. The molecule has 1 fully saturated rings. The van der Waals surface area contributed by atoms with Gasteiger partial charge in [-0.15, -0.1) is 0 Å². The molecule has 3 rings (SSSR count). The number of nitrogens with one attached hydrogen (secondary N) is 2. The van der Waals surface area contributed by atoms with Gasteiger partial charge in [-0.25, -0.2) is 0 Å². The Balaban J connectivity index is 1.51. The van der Waals surface area contributed by atoms with Crippen molar-refractivity contribution in [1.29, 1.82) is 0 Å². The highest BCUT2D eigenvalue weighted by atomic mass is 79.9. The predicted octanol–water partition coefficient (Wildman–Crippen LogP) is 4.06. The third-order valence-corrected chi connectivity index (χ3v) is 4.43. The van der Waals surface area contributed by atoms with Crippen molar-refractivity contribution >= 4 is 33.2 Å².